The summed E-state index contributed by atoms with van der Waals surface area (Å²) >= 11 is 0. The summed E-state index contributed by atoms with van der Waals surface area (Å²) in [6.45, 7) is 5.90. The van der Waals surface area contributed by atoms with Gasteiger partial charge < -0.3 is 25.2 Å². The van der Waals surface area contributed by atoms with Gasteiger partial charge in [0.15, 0.2) is 0 Å². The lowest BCUT2D eigenvalue weighted by molar-refractivity contribution is -0.114. The van der Waals surface area contributed by atoms with Crippen molar-refractivity contribution in [2.24, 2.45) is 5.92 Å². The molecule has 0 bridgehead atoms. The standard InChI is InChI=1S/C27H37N3O7S/c1-19(2)16-30(38(34,35)24-11-9-22(10-12-24)28-20(3)31)17-26(32)25(15-21-7-5-4-6-8-21)29-27(33)37-23-13-14-36-18-23/h4-12,19,23,25-26,32H,13-18H2,1-3H3,(H,28,31)(H,29,33)/t23-,25?,26+/m1/s1. The summed E-state index contributed by atoms with van der Waals surface area (Å²) < 4.78 is 39.1. The molecule has 0 aliphatic carbocycles. The smallest absolute Gasteiger partial charge is 0.407 e. The van der Waals surface area contributed by atoms with Crippen LogP contribution in [0, 0.1) is 5.92 Å². The van der Waals surface area contributed by atoms with Crippen molar-refractivity contribution < 1.29 is 32.6 Å². The lowest BCUT2D eigenvalue weighted by Gasteiger charge is -2.30. The molecule has 1 fully saturated rings. The minimum absolute atomic E-state index is 0.0245. The Bertz CT molecular complexity index is 1150. The maximum atomic E-state index is 13.6. The highest BCUT2D eigenvalue weighted by molar-refractivity contribution is 7.89. The van der Waals surface area contributed by atoms with Crippen LogP contribution in [0.1, 0.15) is 32.8 Å². The van der Waals surface area contributed by atoms with Gasteiger partial charge in [0.1, 0.15) is 6.10 Å². The van der Waals surface area contributed by atoms with E-state index in [4.69, 9.17) is 9.47 Å². The van der Waals surface area contributed by atoms with E-state index in [1.165, 1.54) is 35.5 Å². The average molecular weight is 548 g/mol. The molecule has 0 spiro atoms. The predicted octanol–water partition coefficient (Wildman–Crippen LogP) is 2.78. The molecule has 1 heterocycles. The van der Waals surface area contributed by atoms with Crippen molar-refractivity contribution in [3.8, 4) is 0 Å². The summed E-state index contributed by atoms with van der Waals surface area (Å²) in [4.78, 5) is 24.0. The number of hydrogen-bond donors (Lipinski definition) is 3. The van der Waals surface area contributed by atoms with Crippen LogP contribution >= 0.6 is 0 Å². The molecule has 2 amide bonds. The van der Waals surface area contributed by atoms with E-state index in [1.807, 2.05) is 44.2 Å². The monoisotopic (exact) mass is 547 g/mol. The second kappa shape index (κ2) is 13.7. The molecule has 1 unspecified atom stereocenters. The summed E-state index contributed by atoms with van der Waals surface area (Å²) in [6.07, 6.45) is -1.40. The molecule has 1 aliphatic heterocycles. The van der Waals surface area contributed by atoms with Crippen molar-refractivity contribution >= 4 is 27.7 Å². The van der Waals surface area contributed by atoms with Crippen LogP contribution in [0.4, 0.5) is 10.5 Å². The van der Waals surface area contributed by atoms with Crippen LogP contribution < -0.4 is 10.6 Å². The number of sulfonamides is 1. The highest BCUT2D eigenvalue weighted by atomic mass is 32.2. The highest BCUT2D eigenvalue weighted by Crippen LogP contribution is 2.21. The number of anilines is 1. The maximum Gasteiger partial charge on any atom is 0.407 e. The predicted molar refractivity (Wildman–Crippen MR) is 143 cm³/mol. The Morgan fingerprint density at radius 3 is 2.37 bits per heavy atom. The third-order valence-electron chi connectivity index (χ3n) is 6.00. The van der Waals surface area contributed by atoms with E-state index in [-0.39, 0.29) is 42.3 Å². The van der Waals surface area contributed by atoms with Crippen molar-refractivity contribution in [2.45, 2.75) is 56.8 Å². The van der Waals surface area contributed by atoms with Gasteiger partial charge in [0.25, 0.3) is 0 Å². The number of alkyl carbamates (subject to hydrolysis) is 1. The Morgan fingerprint density at radius 2 is 1.79 bits per heavy atom. The molecule has 0 saturated carbocycles. The molecule has 208 valence electrons. The largest absolute Gasteiger partial charge is 0.444 e. The zero-order valence-electron chi connectivity index (χ0n) is 22.0. The molecule has 1 aliphatic rings. The molecule has 38 heavy (non-hydrogen) atoms. The first-order chi connectivity index (χ1) is 18.0. The van der Waals surface area contributed by atoms with Crippen molar-refractivity contribution in [3.05, 3.63) is 60.2 Å². The van der Waals surface area contributed by atoms with Crippen LogP contribution in [0.15, 0.2) is 59.5 Å². The molecular formula is C27H37N3O7S. The van der Waals surface area contributed by atoms with E-state index in [9.17, 15) is 23.1 Å². The van der Waals surface area contributed by atoms with Gasteiger partial charge in [-0.2, -0.15) is 4.31 Å². The number of benzene rings is 2. The SMILES string of the molecule is CC(=O)Nc1ccc(S(=O)(=O)N(CC(C)C)C[C@H](O)C(Cc2ccccc2)NC(=O)O[C@@H]2CCOC2)cc1. The van der Waals surface area contributed by atoms with Crippen LogP contribution in [0.3, 0.4) is 0 Å². The van der Waals surface area contributed by atoms with Gasteiger partial charge in [-0.05, 0) is 42.2 Å². The van der Waals surface area contributed by atoms with Crippen LogP contribution in [0.2, 0.25) is 0 Å². The minimum atomic E-state index is -3.99. The molecule has 2 aromatic carbocycles. The molecule has 2 aromatic rings. The number of aliphatic hydroxyl groups excluding tert-OH is 1. The Hall–Kier alpha value is -2.99. The number of rotatable bonds is 12. The van der Waals surface area contributed by atoms with Gasteiger partial charge in [-0.3, -0.25) is 4.79 Å². The minimum Gasteiger partial charge on any atom is -0.444 e. The van der Waals surface area contributed by atoms with Gasteiger partial charge in [-0.1, -0.05) is 44.2 Å². The van der Waals surface area contributed by atoms with Crippen molar-refractivity contribution in [1.82, 2.24) is 9.62 Å². The fourth-order valence-corrected chi connectivity index (χ4v) is 5.79. The van der Waals surface area contributed by atoms with Crippen molar-refractivity contribution in [2.75, 3.05) is 31.6 Å². The van der Waals surface area contributed by atoms with Gasteiger partial charge in [0, 0.05) is 32.1 Å². The normalized spacial score (nSPS) is 17.3. The first-order valence-electron chi connectivity index (χ1n) is 12.7. The van der Waals surface area contributed by atoms with Gasteiger partial charge in [-0.25, -0.2) is 13.2 Å². The number of hydrogen-bond acceptors (Lipinski definition) is 7. The molecule has 11 heteroatoms. The summed E-state index contributed by atoms with van der Waals surface area (Å²) in [5, 5.41) is 16.6. The fraction of sp³-hybridized carbons (Fsp3) is 0.481. The molecular weight excluding hydrogens is 510 g/mol. The lowest BCUT2D eigenvalue weighted by atomic mass is 10.0. The second-order valence-corrected chi connectivity index (χ2v) is 11.8. The van der Waals surface area contributed by atoms with E-state index in [1.54, 1.807) is 0 Å². The van der Waals surface area contributed by atoms with Crippen LogP contribution in [0.25, 0.3) is 0 Å². The van der Waals surface area contributed by atoms with Crippen molar-refractivity contribution in [3.63, 3.8) is 0 Å². The Kier molecular flexibility index (Phi) is 10.7. The number of nitrogens with zero attached hydrogens (tertiary/aromatic N) is 1. The zero-order chi connectivity index (χ0) is 27.7. The summed E-state index contributed by atoms with van der Waals surface area (Å²) in [7, 11) is -3.99. The fourth-order valence-electron chi connectivity index (χ4n) is 4.17. The summed E-state index contributed by atoms with van der Waals surface area (Å²) in [6, 6.07) is 14.4. The van der Waals surface area contributed by atoms with Gasteiger partial charge >= 0.3 is 6.09 Å². The molecule has 3 atom stereocenters. The van der Waals surface area contributed by atoms with Gasteiger partial charge in [0.05, 0.1) is 30.3 Å². The summed E-state index contributed by atoms with van der Waals surface area (Å²) in [5.41, 5.74) is 1.35. The quantitative estimate of drug-likeness (QED) is 0.372. The van der Waals surface area contributed by atoms with E-state index < -0.39 is 28.3 Å². The molecule has 1 saturated heterocycles. The van der Waals surface area contributed by atoms with E-state index in [0.717, 1.165) is 5.56 Å². The molecule has 3 rings (SSSR count). The van der Waals surface area contributed by atoms with E-state index >= 15 is 0 Å². The van der Waals surface area contributed by atoms with E-state index in [2.05, 4.69) is 10.6 Å². The first-order valence-corrected chi connectivity index (χ1v) is 14.1. The van der Waals surface area contributed by atoms with Gasteiger partial charge in [-0.15, -0.1) is 0 Å². The van der Waals surface area contributed by atoms with Crippen LogP contribution in [-0.2, 0) is 30.7 Å². The second-order valence-electron chi connectivity index (χ2n) is 9.82. The number of ether oxygens (including phenoxy) is 2. The highest BCUT2D eigenvalue weighted by Gasteiger charge is 2.32. The average Bonchev–Trinajstić information content (AvgIpc) is 3.36. The van der Waals surface area contributed by atoms with Crippen LogP contribution in [-0.4, -0.2) is 74.4 Å². The number of amides is 2. The third-order valence-corrected chi connectivity index (χ3v) is 7.85. The molecule has 0 aromatic heterocycles. The Balaban J connectivity index is 1.80. The van der Waals surface area contributed by atoms with E-state index in [0.29, 0.717) is 25.3 Å². The van der Waals surface area contributed by atoms with Gasteiger partial charge in [0.2, 0.25) is 15.9 Å². The van der Waals surface area contributed by atoms with Crippen molar-refractivity contribution in [1.29, 1.82) is 0 Å². The number of carbonyl (C=O) groups is 2. The number of aliphatic hydroxyl groups is 1. The first kappa shape index (κ1) is 29.6. The number of nitrogens with one attached hydrogen (secondary N) is 2. The summed E-state index contributed by atoms with van der Waals surface area (Å²) in [5.74, 6) is -0.287. The Morgan fingerprint density at radius 1 is 1.11 bits per heavy atom. The molecule has 10 nitrogen and oxygen atoms in total. The maximum absolute atomic E-state index is 13.6. The van der Waals surface area contributed by atoms with Crippen LogP contribution in [0.5, 0.6) is 0 Å². The third kappa shape index (κ3) is 8.80. The molecule has 0 radical (unpaired) electrons. The topological polar surface area (TPSA) is 134 Å². The molecule has 3 N–H and O–H groups in total. The Labute approximate surface area is 224 Å². The number of carbonyl (C=O) groups excluding carboxylic acids is 2. The lowest BCUT2D eigenvalue weighted by Crippen LogP contribution is -2.51. The zero-order valence-corrected chi connectivity index (χ0v) is 22.8.